The average molecular weight is 338 g/mol. The van der Waals surface area contributed by atoms with E-state index in [2.05, 4.69) is 5.38 Å². The van der Waals surface area contributed by atoms with Gasteiger partial charge in [0.15, 0.2) is 0 Å². The number of aryl methyl sites for hydroxylation is 1. The van der Waals surface area contributed by atoms with Crippen molar-refractivity contribution in [1.29, 1.82) is 0 Å². The Hall–Kier alpha value is -1.39. The highest BCUT2D eigenvalue weighted by Crippen LogP contribution is 2.31. The Labute approximate surface area is 138 Å². The fraction of sp³-hybridized carbons (Fsp3) is 0.353. The van der Waals surface area contributed by atoms with Crippen molar-refractivity contribution in [3.05, 3.63) is 57.0 Å². The Balaban J connectivity index is 1.68. The zero-order chi connectivity index (χ0) is 15.5. The number of rotatable bonds is 6. The van der Waals surface area contributed by atoms with Crippen LogP contribution in [0.1, 0.15) is 30.4 Å². The first-order valence-electron chi connectivity index (χ1n) is 7.38. The summed E-state index contributed by atoms with van der Waals surface area (Å²) in [5, 5.41) is 4.45. The van der Waals surface area contributed by atoms with Gasteiger partial charge in [-0.15, -0.1) is 0 Å². The van der Waals surface area contributed by atoms with Gasteiger partial charge in [0.2, 0.25) is 5.91 Å². The lowest BCUT2D eigenvalue weighted by Gasteiger charge is -2.23. The summed E-state index contributed by atoms with van der Waals surface area (Å²) in [6, 6.07) is 6.92. The van der Waals surface area contributed by atoms with E-state index in [-0.39, 0.29) is 24.3 Å². The molecule has 2 nitrogen and oxygen atoms in total. The summed E-state index contributed by atoms with van der Waals surface area (Å²) in [7, 11) is 0. The van der Waals surface area contributed by atoms with Crippen molar-refractivity contribution < 1.29 is 9.18 Å². The second kappa shape index (κ2) is 6.80. The quantitative estimate of drug-likeness (QED) is 0.750. The van der Waals surface area contributed by atoms with Crippen LogP contribution in [0.5, 0.6) is 0 Å². The molecule has 3 rings (SSSR count). The van der Waals surface area contributed by atoms with Crippen LogP contribution in [-0.2, 0) is 17.8 Å². The number of carbonyl (C=O) groups is 1. The normalized spacial score (nSPS) is 14.1. The number of amides is 1. The molecule has 0 aliphatic heterocycles. The summed E-state index contributed by atoms with van der Waals surface area (Å²) in [4.78, 5) is 14.3. The van der Waals surface area contributed by atoms with Crippen molar-refractivity contribution in [2.24, 2.45) is 0 Å². The van der Waals surface area contributed by atoms with E-state index in [4.69, 9.17) is 11.6 Å². The molecule has 0 unspecified atom stereocenters. The second-order valence-electron chi connectivity index (χ2n) is 5.58. The summed E-state index contributed by atoms with van der Waals surface area (Å²) in [6.45, 7) is 0.263. The standard InChI is InChI=1S/C17H17ClFNOS/c18-15-2-1-3-16(19)14(15)10-20(13-5-6-13)17(21)7-4-12-8-9-22-11-12/h1-3,8-9,11,13H,4-7,10H2. The molecule has 0 bridgehead atoms. The Morgan fingerprint density at radius 1 is 1.36 bits per heavy atom. The van der Waals surface area contributed by atoms with Gasteiger partial charge in [0, 0.05) is 23.0 Å². The number of thiophene rings is 1. The summed E-state index contributed by atoms with van der Waals surface area (Å²) >= 11 is 7.72. The minimum atomic E-state index is -0.344. The first-order chi connectivity index (χ1) is 10.6. The van der Waals surface area contributed by atoms with E-state index < -0.39 is 0 Å². The third kappa shape index (κ3) is 3.68. The Morgan fingerprint density at radius 2 is 2.18 bits per heavy atom. The number of nitrogens with zero attached hydrogens (tertiary/aromatic N) is 1. The molecule has 0 spiro atoms. The third-order valence-corrected chi connectivity index (χ3v) is 4.99. The maximum atomic E-state index is 13.9. The fourth-order valence-electron chi connectivity index (χ4n) is 2.49. The summed E-state index contributed by atoms with van der Waals surface area (Å²) in [5.74, 6) is -0.267. The lowest BCUT2D eigenvalue weighted by molar-refractivity contribution is -0.132. The molecule has 1 fully saturated rings. The molecule has 1 amide bonds. The molecule has 116 valence electrons. The lowest BCUT2D eigenvalue weighted by atomic mass is 10.1. The van der Waals surface area contributed by atoms with Gasteiger partial charge in [-0.25, -0.2) is 4.39 Å². The average Bonchev–Trinajstić information content (AvgIpc) is 3.20. The molecule has 0 saturated heterocycles. The predicted octanol–water partition coefficient (Wildman–Crippen LogP) is 4.66. The van der Waals surface area contributed by atoms with Gasteiger partial charge in [-0.1, -0.05) is 17.7 Å². The third-order valence-electron chi connectivity index (χ3n) is 3.91. The van der Waals surface area contributed by atoms with Gasteiger partial charge in [-0.3, -0.25) is 4.79 Å². The monoisotopic (exact) mass is 337 g/mol. The molecule has 1 aliphatic rings. The molecular formula is C17H17ClFNOS. The highest BCUT2D eigenvalue weighted by molar-refractivity contribution is 7.07. The van der Waals surface area contributed by atoms with Gasteiger partial charge >= 0.3 is 0 Å². The lowest BCUT2D eigenvalue weighted by Crippen LogP contribution is -2.33. The van der Waals surface area contributed by atoms with Crippen molar-refractivity contribution in [3.8, 4) is 0 Å². The van der Waals surface area contributed by atoms with Gasteiger partial charge in [-0.2, -0.15) is 11.3 Å². The molecule has 1 aromatic heterocycles. The topological polar surface area (TPSA) is 20.3 Å². The van der Waals surface area contributed by atoms with Crippen molar-refractivity contribution >= 4 is 28.8 Å². The first-order valence-corrected chi connectivity index (χ1v) is 8.70. The zero-order valence-electron chi connectivity index (χ0n) is 12.1. The van der Waals surface area contributed by atoms with Crippen LogP contribution in [0.2, 0.25) is 5.02 Å². The summed E-state index contributed by atoms with van der Waals surface area (Å²) < 4.78 is 13.9. The molecule has 5 heteroatoms. The van der Waals surface area contributed by atoms with Crippen molar-refractivity contribution in [2.45, 2.75) is 38.3 Å². The fourth-order valence-corrected chi connectivity index (χ4v) is 3.42. The van der Waals surface area contributed by atoms with Crippen molar-refractivity contribution in [2.75, 3.05) is 0 Å². The van der Waals surface area contributed by atoms with Crippen LogP contribution in [-0.4, -0.2) is 16.8 Å². The molecular weight excluding hydrogens is 321 g/mol. The maximum absolute atomic E-state index is 13.9. The number of halogens is 2. The van der Waals surface area contributed by atoms with Gasteiger partial charge in [-0.05, 0) is 53.8 Å². The first kappa shape index (κ1) is 15.5. The number of hydrogen-bond acceptors (Lipinski definition) is 2. The Kier molecular flexibility index (Phi) is 4.79. The van der Waals surface area contributed by atoms with E-state index in [1.807, 2.05) is 11.4 Å². The number of carbonyl (C=O) groups excluding carboxylic acids is 1. The van der Waals surface area contributed by atoms with Crippen LogP contribution in [0.4, 0.5) is 4.39 Å². The minimum Gasteiger partial charge on any atom is -0.335 e. The van der Waals surface area contributed by atoms with Crippen LogP contribution in [0.15, 0.2) is 35.0 Å². The zero-order valence-corrected chi connectivity index (χ0v) is 13.7. The minimum absolute atomic E-state index is 0.0769. The van der Waals surface area contributed by atoms with Crippen LogP contribution in [0.3, 0.4) is 0 Å². The maximum Gasteiger partial charge on any atom is 0.223 e. The van der Waals surface area contributed by atoms with E-state index in [1.165, 1.54) is 11.6 Å². The Morgan fingerprint density at radius 3 is 2.82 bits per heavy atom. The van der Waals surface area contributed by atoms with Gasteiger partial charge in [0.1, 0.15) is 5.82 Å². The van der Waals surface area contributed by atoms with Crippen LogP contribution < -0.4 is 0 Å². The van der Waals surface area contributed by atoms with Gasteiger partial charge in [0.05, 0.1) is 6.54 Å². The molecule has 1 heterocycles. The smallest absolute Gasteiger partial charge is 0.223 e. The van der Waals surface area contributed by atoms with E-state index in [0.29, 0.717) is 17.0 Å². The predicted molar refractivity (Wildman–Crippen MR) is 87.6 cm³/mol. The Bertz CT molecular complexity index is 634. The van der Waals surface area contributed by atoms with Crippen LogP contribution in [0, 0.1) is 5.82 Å². The van der Waals surface area contributed by atoms with Crippen LogP contribution in [0.25, 0.3) is 0 Å². The molecule has 0 N–H and O–H groups in total. The molecule has 0 radical (unpaired) electrons. The van der Waals surface area contributed by atoms with E-state index in [0.717, 1.165) is 19.3 Å². The largest absolute Gasteiger partial charge is 0.335 e. The summed E-state index contributed by atoms with van der Waals surface area (Å²) in [6.07, 6.45) is 3.18. The highest BCUT2D eigenvalue weighted by atomic mass is 35.5. The molecule has 2 aromatic rings. The van der Waals surface area contributed by atoms with E-state index in [1.54, 1.807) is 28.4 Å². The van der Waals surface area contributed by atoms with Gasteiger partial charge < -0.3 is 4.90 Å². The van der Waals surface area contributed by atoms with Crippen molar-refractivity contribution in [1.82, 2.24) is 4.90 Å². The van der Waals surface area contributed by atoms with Crippen LogP contribution >= 0.6 is 22.9 Å². The molecule has 22 heavy (non-hydrogen) atoms. The highest BCUT2D eigenvalue weighted by Gasteiger charge is 2.33. The second-order valence-corrected chi connectivity index (χ2v) is 6.77. The van der Waals surface area contributed by atoms with Gasteiger partial charge in [0.25, 0.3) is 0 Å². The summed E-state index contributed by atoms with van der Waals surface area (Å²) in [5.41, 5.74) is 1.60. The number of hydrogen-bond donors (Lipinski definition) is 0. The molecule has 1 saturated carbocycles. The van der Waals surface area contributed by atoms with E-state index >= 15 is 0 Å². The number of benzene rings is 1. The molecule has 1 aromatic carbocycles. The SMILES string of the molecule is O=C(CCc1ccsc1)N(Cc1c(F)cccc1Cl)C1CC1. The molecule has 0 atom stereocenters. The van der Waals surface area contributed by atoms with Crippen molar-refractivity contribution in [3.63, 3.8) is 0 Å². The molecule has 1 aliphatic carbocycles. The van der Waals surface area contributed by atoms with E-state index in [9.17, 15) is 9.18 Å².